The van der Waals surface area contributed by atoms with Gasteiger partial charge in [0.2, 0.25) is 0 Å². The SMILES string of the molecule is Cc1cccc(Nc2ncnc(NNC(=O)c3cccnc3)c2N)c1C. The topological polar surface area (TPSA) is 118 Å². The summed E-state index contributed by atoms with van der Waals surface area (Å²) in [6, 6.07) is 9.27. The predicted octanol–water partition coefficient (Wildman–Crippen LogP) is 2.57. The minimum absolute atomic E-state index is 0.292. The van der Waals surface area contributed by atoms with Crippen molar-refractivity contribution in [1.29, 1.82) is 0 Å². The van der Waals surface area contributed by atoms with Crippen molar-refractivity contribution in [3.8, 4) is 0 Å². The second-order valence-electron chi connectivity index (χ2n) is 5.68. The molecule has 0 radical (unpaired) electrons. The molecule has 3 aromatic rings. The van der Waals surface area contributed by atoms with Crippen LogP contribution in [0.1, 0.15) is 21.5 Å². The maximum Gasteiger partial charge on any atom is 0.271 e. The molecule has 0 saturated carbocycles. The van der Waals surface area contributed by atoms with Gasteiger partial charge in [-0.2, -0.15) is 0 Å². The molecule has 3 rings (SSSR count). The molecule has 2 aromatic heterocycles. The Morgan fingerprint density at radius 2 is 1.88 bits per heavy atom. The van der Waals surface area contributed by atoms with Crippen molar-refractivity contribution in [3.05, 3.63) is 65.7 Å². The zero-order valence-corrected chi connectivity index (χ0v) is 14.4. The van der Waals surface area contributed by atoms with E-state index in [1.165, 1.54) is 12.5 Å². The number of rotatable bonds is 5. The first-order valence-corrected chi connectivity index (χ1v) is 7.96. The van der Waals surface area contributed by atoms with E-state index in [9.17, 15) is 4.79 Å². The number of hydrogen-bond donors (Lipinski definition) is 4. The highest BCUT2D eigenvalue weighted by atomic mass is 16.2. The number of nitrogens with two attached hydrogens (primary N) is 1. The van der Waals surface area contributed by atoms with Crippen molar-refractivity contribution in [1.82, 2.24) is 20.4 Å². The number of hydrazine groups is 1. The van der Waals surface area contributed by atoms with Crippen LogP contribution < -0.4 is 21.9 Å². The predicted molar refractivity (Wildman–Crippen MR) is 101 cm³/mol. The van der Waals surface area contributed by atoms with Crippen molar-refractivity contribution in [2.45, 2.75) is 13.8 Å². The van der Waals surface area contributed by atoms with E-state index in [1.54, 1.807) is 18.3 Å². The van der Waals surface area contributed by atoms with Gasteiger partial charge in [-0.1, -0.05) is 12.1 Å². The molecule has 0 unspecified atom stereocenters. The van der Waals surface area contributed by atoms with Crippen LogP contribution in [0.25, 0.3) is 0 Å². The second-order valence-corrected chi connectivity index (χ2v) is 5.68. The summed E-state index contributed by atoms with van der Waals surface area (Å²) in [5.41, 5.74) is 15.3. The number of carbonyl (C=O) groups excluding carboxylic acids is 1. The first-order valence-electron chi connectivity index (χ1n) is 7.96. The lowest BCUT2D eigenvalue weighted by atomic mass is 10.1. The van der Waals surface area contributed by atoms with Crippen LogP contribution in [-0.2, 0) is 0 Å². The van der Waals surface area contributed by atoms with E-state index in [1.807, 2.05) is 32.0 Å². The van der Waals surface area contributed by atoms with E-state index in [4.69, 9.17) is 5.73 Å². The van der Waals surface area contributed by atoms with E-state index in [2.05, 4.69) is 31.1 Å². The highest BCUT2D eigenvalue weighted by Gasteiger charge is 2.11. The van der Waals surface area contributed by atoms with Crippen molar-refractivity contribution in [2.75, 3.05) is 16.5 Å². The van der Waals surface area contributed by atoms with E-state index in [0.29, 0.717) is 22.9 Å². The van der Waals surface area contributed by atoms with Crippen LogP contribution in [-0.4, -0.2) is 20.9 Å². The molecule has 8 heteroatoms. The van der Waals surface area contributed by atoms with Crippen LogP contribution >= 0.6 is 0 Å². The normalized spacial score (nSPS) is 10.2. The van der Waals surface area contributed by atoms with Gasteiger partial charge in [0, 0.05) is 18.1 Å². The van der Waals surface area contributed by atoms with Gasteiger partial charge < -0.3 is 11.1 Å². The summed E-state index contributed by atoms with van der Waals surface area (Å²) < 4.78 is 0. The average Bonchev–Trinajstić information content (AvgIpc) is 2.66. The van der Waals surface area contributed by atoms with Crippen LogP contribution in [0.15, 0.2) is 49.1 Å². The maximum atomic E-state index is 12.1. The number of nitrogen functional groups attached to an aromatic ring is 1. The van der Waals surface area contributed by atoms with Gasteiger partial charge in [-0.3, -0.25) is 20.6 Å². The van der Waals surface area contributed by atoms with Crippen molar-refractivity contribution in [2.24, 2.45) is 0 Å². The Hall–Kier alpha value is -3.68. The van der Waals surface area contributed by atoms with Crippen LogP contribution in [0, 0.1) is 13.8 Å². The Bertz CT molecular complexity index is 928. The molecule has 2 heterocycles. The summed E-state index contributed by atoms with van der Waals surface area (Å²) in [4.78, 5) is 24.2. The highest BCUT2D eigenvalue weighted by molar-refractivity contribution is 5.94. The Morgan fingerprint density at radius 3 is 2.65 bits per heavy atom. The number of aryl methyl sites for hydroxylation is 1. The average molecular weight is 349 g/mol. The largest absolute Gasteiger partial charge is 0.393 e. The van der Waals surface area contributed by atoms with Gasteiger partial charge in [-0.05, 0) is 43.2 Å². The van der Waals surface area contributed by atoms with Crippen LogP contribution in [0.3, 0.4) is 0 Å². The van der Waals surface area contributed by atoms with Gasteiger partial charge in [0.25, 0.3) is 5.91 Å². The number of hydrogen-bond acceptors (Lipinski definition) is 7. The Labute approximate surface area is 150 Å². The number of anilines is 4. The zero-order chi connectivity index (χ0) is 18.5. The van der Waals surface area contributed by atoms with Crippen LogP contribution in [0.4, 0.5) is 23.0 Å². The summed E-state index contributed by atoms with van der Waals surface area (Å²) in [6.45, 7) is 4.05. The molecule has 0 fully saturated rings. The van der Waals surface area contributed by atoms with Gasteiger partial charge in [0.15, 0.2) is 11.6 Å². The molecule has 0 aliphatic rings. The van der Waals surface area contributed by atoms with Crippen molar-refractivity contribution in [3.63, 3.8) is 0 Å². The molecule has 0 bridgehead atoms. The molecule has 0 aliphatic carbocycles. The molecule has 26 heavy (non-hydrogen) atoms. The fourth-order valence-corrected chi connectivity index (χ4v) is 2.29. The zero-order valence-electron chi connectivity index (χ0n) is 14.4. The number of carbonyl (C=O) groups is 1. The molecule has 5 N–H and O–H groups in total. The van der Waals surface area contributed by atoms with E-state index in [-0.39, 0.29) is 5.91 Å². The first kappa shape index (κ1) is 17.2. The Morgan fingerprint density at radius 1 is 1.08 bits per heavy atom. The third kappa shape index (κ3) is 3.69. The molecule has 1 amide bonds. The standard InChI is InChI=1S/C18H19N7O/c1-11-5-3-7-14(12(11)2)23-16-15(19)17(22-10-21-16)24-25-18(26)13-6-4-8-20-9-13/h3-10H,19H2,1-2H3,(H,25,26)(H2,21,22,23,24). The van der Waals surface area contributed by atoms with Gasteiger partial charge in [0.05, 0.1) is 5.56 Å². The molecular formula is C18H19N7O. The Kier molecular flexibility index (Phi) is 4.93. The summed E-state index contributed by atoms with van der Waals surface area (Å²) >= 11 is 0. The summed E-state index contributed by atoms with van der Waals surface area (Å²) in [5, 5.41) is 3.20. The minimum atomic E-state index is -0.347. The lowest BCUT2D eigenvalue weighted by molar-refractivity contribution is 0.0962. The third-order valence-electron chi connectivity index (χ3n) is 3.96. The number of benzene rings is 1. The highest BCUT2D eigenvalue weighted by Crippen LogP contribution is 2.27. The lowest BCUT2D eigenvalue weighted by Crippen LogP contribution is -2.30. The summed E-state index contributed by atoms with van der Waals surface area (Å²) in [5.74, 6) is 0.400. The second kappa shape index (κ2) is 7.47. The van der Waals surface area contributed by atoms with Crippen molar-refractivity contribution >= 4 is 28.9 Å². The fourth-order valence-electron chi connectivity index (χ4n) is 2.29. The molecule has 0 aliphatic heterocycles. The van der Waals surface area contributed by atoms with Crippen molar-refractivity contribution < 1.29 is 4.79 Å². The Balaban J connectivity index is 1.75. The smallest absolute Gasteiger partial charge is 0.271 e. The molecule has 0 spiro atoms. The number of amides is 1. The molecule has 1 aromatic carbocycles. The summed E-state index contributed by atoms with van der Waals surface area (Å²) in [6.07, 6.45) is 4.42. The third-order valence-corrected chi connectivity index (χ3v) is 3.96. The maximum absolute atomic E-state index is 12.1. The number of nitrogens with zero attached hydrogens (tertiary/aromatic N) is 3. The van der Waals surface area contributed by atoms with Gasteiger partial charge in [0.1, 0.15) is 12.0 Å². The monoisotopic (exact) mass is 349 g/mol. The molecule has 132 valence electrons. The molecule has 8 nitrogen and oxygen atoms in total. The van der Waals surface area contributed by atoms with Gasteiger partial charge in [-0.25, -0.2) is 9.97 Å². The van der Waals surface area contributed by atoms with Crippen LogP contribution in [0.2, 0.25) is 0 Å². The van der Waals surface area contributed by atoms with E-state index in [0.717, 1.165) is 16.8 Å². The van der Waals surface area contributed by atoms with Gasteiger partial charge >= 0.3 is 0 Å². The van der Waals surface area contributed by atoms with Gasteiger partial charge in [-0.15, -0.1) is 0 Å². The number of pyridine rings is 1. The number of nitrogens with one attached hydrogen (secondary N) is 3. The molecule has 0 saturated heterocycles. The fraction of sp³-hybridized carbons (Fsp3) is 0.111. The minimum Gasteiger partial charge on any atom is -0.393 e. The van der Waals surface area contributed by atoms with Crippen LogP contribution in [0.5, 0.6) is 0 Å². The van der Waals surface area contributed by atoms with E-state index < -0.39 is 0 Å². The lowest BCUT2D eigenvalue weighted by Gasteiger charge is -2.15. The number of aromatic nitrogens is 3. The quantitative estimate of drug-likeness (QED) is 0.523. The van der Waals surface area contributed by atoms with E-state index >= 15 is 0 Å². The first-order chi connectivity index (χ1) is 12.6. The molecule has 0 atom stereocenters. The summed E-state index contributed by atoms with van der Waals surface area (Å²) in [7, 11) is 0. The molecular weight excluding hydrogens is 330 g/mol.